The van der Waals surface area contributed by atoms with Crippen LogP contribution < -0.4 is 21.3 Å². The number of carbonyl (C=O) groups excluding carboxylic acids is 5. The van der Waals surface area contributed by atoms with Crippen LogP contribution in [0.5, 0.6) is 0 Å². The molecule has 1 unspecified atom stereocenters. The van der Waals surface area contributed by atoms with Gasteiger partial charge in [0.15, 0.2) is 0 Å². The van der Waals surface area contributed by atoms with Gasteiger partial charge in [0.2, 0.25) is 17.6 Å². The number of hydrogen-bond donors (Lipinski definition) is 4. The van der Waals surface area contributed by atoms with Crippen LogP contribution in [-0.2, 0) is 29.4 Å². The number of fused-ring (bicyclic) bond motifs is 1. The van der Waals surface area contributed by atoms with E-state index in [-0.39, 0.29) is 25.6 Å². The molecule has 14 nitrogen and oxygen atoms in total. The summed E-state index contributed by atoms with van der Waals surface area (Å²) >= 11 is 0. The fraction of sp³-hybridized carbons (Fsp3) is 0.788. The van der Waals surface area contributed by atoms with Crippen molar-refractivity contribution in [3.63, 3.8) is 0 Å². The van der Waals surface area contributed by atoms with Crippen molar-refractivity contribution >= 4 is 39.7 Å². The van der Waals surface area contributed by atoms with Crippen molar-refractivity contribution in [3.05, 3.63) is 12.7 Å². The molecule has 18 heteroatoms. The van der Waals surface area contributed by atoms with Crippen LogP contribution in [-0.4, -0.2) is 123 Å². The van der Waals surface area contributed by atoms with Crippen molar-refractivity contribution < 1.29 is 45.6 Å². The lowest BCUT2D eigenvalue weighted by atomic mass is 9.85. The Hall–Kier alpha value is -3.25. The zero-order chi connectivity index (χ0) is 39.7. The quantitative estimate of drug-likeness (QED) is 0.146. The first kappa shape index (κ1) is 43.9. The van der Waals surface area contributed by atoms with Crippen LogP contribution in [0.1, 0.15) is 68.2 Å². The Labute approximate surface area is 299 Å². The van der Waals surface area contributed by atoms with Gasteiger partial charge in [-0.2, -0.15) is 30.2 Å². The van der Waals surface area contributed by atoms with Crippen LogP contribution in [0.4, 0.5) is 18.0 Å². The van der Waals surface area contributed by atoms with Gasteiger partial charge in [-0.25, -0.2) is 4.79 Å². The number of Topliss-reactive ketones (excluding diaryl/α,β-unsaturated/α-hetero) is 1. The molecule has 0 aromatic heterocycles. The molecule has 5 amide bonds. The average Bonchev–Trinajstić information content (AvgIpc) is 3.29. The van der Waals surface area contributed by atoms with Gasteiger partial charge >= 0.3 is 12.2 Å². The first-order chi connectivity index (χ1) is 23.0. The predicted octanol–water partition coefficient (Wildman–Crippen LogP) is 2.03. The van der Waals surface area contributed by atoms with Gasteiger partial charge in [-0.1, -0.05) is 61.5 Å². The summed E-state index contributed by atoms with van der Waals surface area (Å²) in [6.07, 6.45) is -5.72. The Balaban J connectivity index is 2.38. The summed E-state index contributed by atoms with van der Waals surface area (Å²) in [5, 5.41) is 10.1. The number of nitrogens with zero attached hydrogens (tertiary/aromatic N) is 3. The second-order valence-electron chi connectivity index (χ2n) is 16.4. The molecule has 0 spiro atoms. The number of likely N-dealkylation sites (tertiary alicyclic amines) is 1. The Bertz CT molecular complexity index is 1460. The molecule has 0 aromatic carbocycles. The number of urea groups is 1. The molecule has 1 heterocycles. The maximum Gasteiger partial charge on any atom is 0.389 e. The van der Waals surface area contributed by atoms with Crippen LogP contribution in [0.15, 0.2) is 12.7 Å². The van der Waals surface area contributed by atoms with Gasteiger partial charge in [-0.15, -0.1) is 6.58 Å². The Morgan fingerprint density at radius 2 is 1.53 bits per heavy atom. The molecule has 0 radical (unpaired) electrons. The van der Waals surface area contributed by atoms with E-state index in [1.807, 2.05) is 34.6 Å². The number of amides is 5. The van der Waals surface area contributed by atoms with Crippen LogP contribution in [0.25, 0.3) is 0 Å². The molecule has 2 rings (SSSR count). The van der Waals surface area contributed by atoms with Crippen molar-refractivity contribution in [1.82, 2.24) is 34.8 Å². The first-order valence-corrected chi connectivity index (χ1v) is 18.2. The molecule has 1 saturated carbocycles. The minimum absolute atomic E-state index is 0.0851. The van der Waals surface area contributed by atoms with Gasteiger partial charge in [0.05, 0.1) is 6.04 Å². The highest BCUT2D eigenvalue weighted by molar-refractivity contribution is 7.86. The summed E-state index contributed by atoms with van der Waals surface area (Å²) in [7, 11) is 0.350. The summed E-state index contributed by atoms with van der Waals surface area (Å²) in [6.45, 7) is 17.7. The number of halogens is 3. The zero-order valence-electron chi connectivity index (χ0n) is 31.5. The third-order valence-corrected chi connectivity index (χ3v) is 11.6. The molecule has 0 aromatic rings. The maximum atomic E-state index is 14.3. The largest absolute Gasteiger partial charge is 0.389 e. The van der Waals surface area contributed by atoms with Gasteiger partial charge in [-0.05, 0) is 34.5 Å². The van der Waals surface area contributed by atoms with E-state index < -0.39 is 105 Å². The SMILES string of the molecule is C=CCNC(=O)C(=O)C(CCC(F)(F)F)NC(=O)[C@@H]1[C@@H]2[C@H](CN1C(=O)[C@@H](NC(=O)N[C@H](CN(C)S(=O)(=O)N(C)C)C(C)(C)C)C(C)(C)C)C2(C)C. The Morgan fingerprint density at radius 1 is 0.961 bits per heavy atom. The summed E-state index contributed by atoms with van der Waals surface area (Å²) in [5.74, 6) is -4.50. The topological polar surface area (TPSA) is 177 Å². The van der Waals surface area contributed by atoms with Crippen LogP contribution in [0.3, 0.4) is 0 Å². The van der Waals surface area contributed by atoms with Crippen LogP contribution in [0.2, 0.25) is 0 Å². The Kier molecular flexibility index (Phi) is 13.6. The number of likely N-dealkylation sites (N-methyl/N-ethyl adjacent to an activating group) is 1. The highest BCUT2D eigenvalue weighted by atomic mass is 32.2. The van der Waals surface area contributed by atoms with Crippen LogP contribution >= 0.6 is 0 Å². The van der Waals surface area contributed by atoms with Crippen LogP contribution in [0, 0.1) is 28.1 Å². The van der Waals surface area contributed by atoms with E-state index in [4.69, 9.17) is 0 Å². The van der Waals surface area contributed by atoms with Crippen molar-refractivity contribution in [2.45, 2.75) is 98.6 Å². The number of ketones is 1. The summed E-state index contributed by atoms with van der Waals surface area (Å²) in [5.41, 5.74) is -1.94. The molecule has 2 fully saturated rings. The van der Waals surface area contributed by atoms with Crippen molar-refractivity contribution in [1.29, 1.82) is 0 Å². The summed E-state index contributed by atoms with van der Waals surface area (Å²) in [4.78, 5) is 68.4. The summed E-state index contributed by atoms with van der Waals surface area (Å²) in [6, 6.07) is -5.68. The minimum Gasteiger partial charge on any atom is -0.346 e. The smallest absolute Gasteiger partial charge is 0.346 e. The fourth-order valence-corrected chi connectivity index (χ4v) is 7.26. The fourth-order valence-electron chi connectivity index (χ4n) is 6.37. The normalized spacial score (nSPS) is 22.0. The lowest BCUT2D eigenvalue weighted by molar-refractivity contribution is -0.148. The minimum atomic E-state index is -4.67. The highest BCUT2D eigenvalue weighted by Gasteiger charge is 2.70. The van der Waals surface area contributed by atoms with Gasteiger partial charge in [0.1, 0.15) is 12.1 Å². The number of piperidine rings is 1. The third-order valence-electron chi connectivity index (χ3n) is 9.77. The van der Waals surface area contributed by atoms with Crippen molar-refractivity contribution in [2.75, 3.05) is 40.8 Å². The molecule has 1 aliphatic carbocycles. The second-order valence-corrected chi connectivity index (χ2v) is 18.6. The summed E-state index contributed by atoms with van der Waals surface area (Å²) < 4.78 is 67.1. The standard InChI is InChI=1S/C33H56F3N7O7S/c1-13-16-37-27(46)24(44)20(14-15-33(34,35)36)38-26(45)23-22-19(32(22,8)9)17-43(23)28(47)25(31(5,6)7)40-29(48)39-21(30(2,3)4)18-42(12)51(49,50)41(10)11/h13,19-23,25H,1,14-18H2,2-12H3,(H,37,46)(H,38,45)(H2,39,40,48)/t19-,20?,21+,22-,23-,25+/m0/s1. The van der Waals surface area contributed by atoms with E-state index in [1.165, 1.54) is 32.1 Å². The van der Waals surface area contributed by atoms with Gasteiger partial charge in [0, 0.05) is 53.2 Å². The number of carbonyl (C=O) groups is 5. The number of rotatable bonds is 15. The van der Waals surface area contributed by atoms with E-state index in [1.54, 1.807) is 20.8 Å². The van der Waals surface area contributed by atoms with Crippen molar-refractivity contribution in [3.8, 4) is 0 Å². The molecule has 292 valence electrons. The van der Waals surface area contributed by atoms with E-state index in [9.17, 15) is 45.6 Å². The average molecular weight is 752 g/mol. The molecular formula is C33H56F3N7O7S. The maximum absolute atomic E-state index is 14.3. The third kappa shape index (κ3) is 10.9. The predicted molar refractivity (Wildman–Crippen MR) is 185 cm³/mol. The van der Waals surface area contributed by atoms with Crippen molar-refractivity contribution in [2.24, 2.45) is 28.1 Å². The lowest BCUT2D eigenvalue weighted by Gasteiger charge is -2.39. The monoisotopic (exact) mass is 751 g/mol. The molecule has 2 aliphatic rings. The number of nitrogens with one attached hydrogen (secondary N) is 4. The van der Waals surface area contributed by atoms with Gasteiger partial charge in [0.25, 0.3) is 16.1 Å². The van der Waals surface area contributed by atoms with E-state index in [0.717, 1.165) is 8.61 Å². The first-order valence-electron chi connectivity index (χ1n) is 16.8. The van der Waals surface area contributed by atoms with Gasteiger partial charge in [-0.3, -0.25) is 19.2 Å². The Morgan fingerprint density at radius 3 is 2.00 bits per heavy atom. The number of alkyl halides is 3. The van der Waals surface area contributed by atoms with Gasteiger partial charge < -0.3 is 26.2 Å². The molecule has 1 aliphatic heterocycles. The molecule has 0 bridgehead atoms. The molecule has 1 saturated heterocycles. The second kappa shape index (κ2) is 15.8. The molecule has 6 atom stereocenters. The number of hydrogen-bond acceptors (Lipinski definition) is 7. The van der Waals surface area contributed by atoms with E-state index >= 15 is 0 Å². The van der Waals surface area contributed by atoms with E-state index in [2.05, 4.69) is 27.8 Å². The zero-order valence-corrected chi connectivity index (χ0v) is 32.3. The molecule has 4 N–H and O–H groups in total. The lowest BCUT2D eigenvalue weighted by Crippen LogP contribution is -2.63. The van der Waals surface area contributed by atoms with E-state index in [0.29, 0.717) is 0 Å². The highest BCUT2D eigenvalue weighted by Crippen LogP contribution is 2.65. The molecule has 51 heavy (non-hydrogen) atoms. The molecular weight excluding hydrogens is 695 g/mol.